The second kappa shape index (κ2) is 7.94. The summed E-state index contributed by atoms with van der Waals surface area (Å²) >= 11 is 0. The van der Waals surface area contributed by atoms with Crippen molar-refractivity contribution in [1.29, 1.82) is 0 Å². The SMILES string of the molecule is COc1ccc(CN2CCO[C@@H](c3cc4ccccc4cn3)C2)cc1OC. The topological polar surface area (TPSA) is 43.8 Å². The number of ether oxygens (including phenoxy) is 3. The van der Waals surface area contributed by atoms with Crippen LogP contribution >= 0.6 is 0 Å². The summed E-state index contributed by atoms with van der Waals surface area (Å²) < 4.78 is 16.8. The van der Waals surface area contributed by atoms with Gasteiger partial charge in [0.25, 0.3) is 0 Å². The molecule has 1 aromatic heterocycles. The van der Waals surface area contributed by atoms with Gasteiger partial charge >= 0.3 is 0 Å². The summed E-state index contributed by atoms with van der Waals surface area (Å²) in [7, 11) is 3.32. The number of hydrogen-bond donors (Lipinski definition) is 0. The fourth-order valence-electron chi connectivity index (χ4n) is 3.54. The highest BCUT2D eigenvalue weighted by Crippen LogP contribution is 2.29. The van der Waals surface area contributed by atoms with E-state index in [1.165, 1.54) is 10.9 Å². The van der Waals surface area contributed by atoms with Gasteiger partial charge in [-0.05, 0) is 29.1 Å². The van der Waals surface area contributed by atoms with E-state index in [1.807, 2.05) is 24.4 Å². The average molecular weight is 364 g/mol. The molecule has 0 N–H and O–H groups in total. The van der Waals surface area contributed by atoms with E-state index in [1.54, 1.807) is 14.2 Å². The molecule has 1 aliphatic heterocycles. The number of methoxy groups -OCH3 is 2. The number of benzene rings is 2. The van der Waals surface area contributed by atoms with Crippen molar-refractivity contribution in [3.8, 4) is 11.5 Å². The quantitative estimate of drug-likeness (QED) is 0.688. The maximum Gasteiger partial charge on any atom is 0.161 e. The number of rotatable bonds is 5. The van der Waals surface area contributed by atoms with Crippen molar-refractivity contribution in [3.63, 3.8) is 0 Å². The van der Waals surface area contributed by atoms with Gasteiger partial charge in [0.2, 0.25) is 0 Å². The van der Waals surface area contributed by atoms with Gasteiger partial charge in [-0.1, -0.05) is 30.3 Å². The average Bonchev–Trinajstić information content (AvgIpc) is 2.73. The molecule has 1 fully saturated rings. The second-order valence-corrected chi connectivity index (χ2v) is 6.74. The zero-order valence-corrected chi connectivity index (χ0v) is 15.7. The third-order valence-electron chi connectivity index (χ3n) is 4.99. The first-order valence-electron chi connectivity index (χ1n) is 9.16. The van der Waals surface area contributed by atoms with E-state index in [0.29, 0.717) is 6.61 Å². The van der Waals surface area contributed by atoms with Crippen molar-refractivity contribution < 1.29 is 14.2 Å². The van der Waals surface area contributed by atoms with Crippen LogP contribution in [0.2, 0.25) is 0 Å². The molecule has 5 heteroatoms. The maximum atomic E-state index is 6.01. The molecule has 1 aliphatic rings. The lowest BCUT2D eigenvalue weighted by atomic mass is 10.1. The summed E-state index contributed by atoms with van der Waals surface area (Å²) in [6, 6.07) is 16.5. The van der Waals surface area contributed by atoms with E-state index in [4.69, 9.17) is 14.2 Å². The molecular weight excluding hydrogens is 340 g/mol. The number of aromatic nitrogens is 1. The molecule has 2 aromatic carbocycles. The fraction of sp³-hybridized carbons (Fsp3) is 0.318. The van der Waals surface area contributed by atoms with E-state index >= 15 is 0 Å². The lowest BCUT2D eigenvalue weighted by Gasteiger charge is -2.32. The Labute approximate surface area is 159 Å². The molecule has 0 amide bonds. The summed E-state index contributed by atoms with van der Waals surface area (Å²) in [6.45, 7) is 3.26. The number of fused-ring (bicyclic) bond motifs is 1. The largest absolute Gasteiger partial charge is 0.493 e. The van der Waals surface area contributed by atoms with Gasteiger partial charge in [-0.25, -0.2) is 0 Å². The van der Waals surface area contributed by atoms with Crippen LogP contribution in [0.15, 0.2) is 54.7 Å². The van der Waals surface area contributed by atoms with Gasteiger partial charge in [0.05, 0.1) is 26.5 Å². The molecule has 0 spiro atoms. The standard InChI is InChI=1S/C22H24N2O3/c1-25-20-8-7-16(11-21(20)26-2)14-24-9-10-27-22(15-24)19-12-17-5-3-4-6-18(17)13-23-19/h3-8,11-13,22H,9-10,14-15H2,1-2H3/t22-/m1/s1. The fourth-order valence-corrected chi connectivity index (χ4v) is 3.54. The first-order valence-corrected chi connectivity index (χ1v) is 9.16. The van der Waals surface area contributed by atoms with Gasteiger partial charge in [-0.2, -0.15) is 0 Å². The van der Waals surface area contributed by atoms with Crippen molar-refractivity contribution in [2.45, 2.75) is 12.6 Å². The Kier molecular flexibility index (Phi) is 5.23. The molecule has 5 nitrogen and oxygen atoms in total. The van der Waals surface area contributed by atoms with E-state index in [-0.39, 0.29) is 6.10 Å². The first kappa shape index (κ1) is 17.8. The molecule has 0 saturated carbocycles. The molecular formula is C22H24N2O3. The van der Waals surface area contributed by atoms with Crippen LogP contribution in [0, 0.1) is 0 Å². The van der Waals surface area contributed by atoms with Crippen molar-refractivity contribution in [1.82, 2.24) is 9.88 Å². The number of nitrogens with zero attached hydrogens (tertiary/aromatic N) is 2. The second-order valence-electron chi connectivity index (χ2n) is 6.74. The summed E-state index contributed by atoms with van der Waals surface area (Å²) in [5.74, 6) is 1.51. The van der Waals surface area contributed by atoms with E-state index in [2.05, 4.69) is 40.2 Å². The molecule has 4 rings (SSSR count). The van der Waals surface area contributed by atoms with Crippen LogP contribution < -0.4 is 9.47 Å². The Bertz CT molecular complexity index is 928. The predicted molar refractivity (Wildman–Crippen MR) is 105 cm³/mol. The molecule has 0 radical (unpaired) electrons. The third-order valence-corrected chi connectivity index (χ3v) is 4.99. The van der Waals surface area contributed by atoms with Gasteiger partial charge in [0, 0.05) is 31.2 Å². The number of hydrogen-bond acceptors (Lipinski definition) is 5. The van der Waals surface area contributed by atoms with Crippen LogP contribution in [0.3, 0.4) is 0 Å². The molecule has 1 atom stereocenters. The van der Waals surface area contributed by atoms with E-state index in [0.717, 1.165) is 42.2 Å². The zero-order chi connectivity index (χ0) is 18.6. The molecule has 0 bridgehead atoms. The molecule has 140 valence electrons. The minimum atomic E-state index is -0.0106. The summed E-state index contributed by atoms with van der Waals surface area (Å²) in [5.41, 5.74) is 2.19. The van der Waals surface area contributed by atoms with Crippen molar-refractivity contribution in [2.24, 2.45) is 0 Å². The van der Waals surface area contributed by atoms with E-state index < -0.39 is 0 Å². The van der Waals surface area contributed by atoms with Gasteiger partial charge in [-0.3, -0.25) is 9.88 Å². The minimum absolute atomic E-state index is 0.0106. The van der Waals surface area contributed by atoms with Gasteiger partial charge in [0.1, 0.15) is 6.10 Å². The van der Waals surface area contributed by atoms with Gasteiger partial charge in [0.15, 0.2) is 11.5 Å². The lowest BCUT2D eigenvalue weighted by Crippen LogP contribution is -2.38. The Morgan fingerprint density at radius 3 is 2.67 bits per heavy atom. The normalized spacial score (nSPS) is 17.8. The van der Waals surface area contributed by atoms with Crippen molar-refractivity contribution >= 4 is 10.8 Å². The van der Waals surface area contributed by atoms with Crippen LogP contribution in [-0.4, -0.2) is 43.8 Å². The summed E-state index contributed by atoms with van der Waals surface area (Å²) in [5, 5.41) is 2.35. The molecule has 0 aliphatic carbocycles. The Balaban J connectivity index is 1.49. The zero-order valence-electron chi connectivity index (χ0n) is 15.7. The van der Waals surface area contributed by atoms with Crippen LogP contribution in [0.25, 0.3) is 10.8 Å². The summed E-state index contributed by atoms with van der Waals surface area (Å²) in [4.78, 5) is 7.03. The summed E-state index contributed by atoms with van der Waals surface area (Å²) in [6.07, 6.45) is 1.92. The molecule has 0 unspecified atom stereocenters. The van der Waals surface area contributed by atoms with Crippen molar-refractivity contribution in [2.75, 3.05) is 33.9 Å². The highest BCUT2D eigenvalue weighted by Gasteiger charge is 2.23. The Morgan fingerprint density at radius 1 is 1.04 bits per heavy atom. The third kappa shape index (κ3) is 3.89. The van der Waals surface area contributed by atoms with Crippen LogP contribution in [0.1, 0.15) is 17.4 Å². The van der Waals surface area contributed by atoms with Crippen LogP contribution in [0.4, 0.5) is 0 Å². The van der Waals surface area contributed by atoms with Crippen LogP contribution in [-0.2, 0) is 11.3 Å². The molecule has 3 aromatic rings. The van der Waals surface area contributed by atoms with Crippen LogP contribution in [0.5, 0.6) is 11.5 Å². The minimum Gasteiger partial charge on any atom is -0.493 e. The lowest BCUT2D eigenvalue weighted by molar-refractivity contribution is -0.0349. The Morgan fingerprint density at radius 2 is 1.85 bits per heavy atom. The molecule has 1 saturated heterocycles. The Hall–Kier alpha value is -2.63. The number of morpholine rings is 1. The maximum absolute atomic E-state index is 6.01. The monoisotopic (exact) mass is 364 g/mol. The molecule has 27 heavy (non-hydrogen) atoms. The smallest absolute Gasteiger partial charge is 0.161 e. The number of pyridine rings is 1. The highest BCUT2D eigenvalue weighted by atomic mass is 16.5. The van der Waals surface area contributed by atoms with Gasteiger partial charge in [-0.15, -0.1) is 0 Å². The van der Waals surface area contributed by atoms with Crippen molar-refractivity contribution in [3.05, 3.63) is 66.0 Å². The van der Waals surface area contributed by atoms with Gasteiger partial charge < -0.3 is 14.2 Å². The van der Waals surface area contributed by atoms with E-state index in [9.17, 15) is 0 Å². The highest BCUT2D eigenvalue weighted by molar-refractivity contribution is 5.81. The predicted octanol–water partition coefficient (Wildman–Crippen LogP) is 3.83. The first-order chi connectivity index (χ1) is 13.3. The molecule has 2 heterocycles.